The number of aromatic nitrogens is 6. The van der Waals surface area contributed by atoms with Crippen LogP contribution in [0.1, 0.15) is 28.9 Å². The van der Waals surface area contributed by atoms with Crippen molar-refractivity contribution in [1.82, 2.24) is 35.1 Å². The predicted octanol–water partition coefficient (Wildman–Crippen LogP) is 2.34. The van der Waals surface area contributed by atoms with E-state index in [9.17, 15) is 4.79 Å². The van der Waals surface area contributed by atoms with Crippen LogP contribution in [-0.2, 0) is 0 Å². The van der Waals surface area contributed by atoms with Gasteiger partial charge in [-0.15, -0.1) is 5.10 Å². The molecular weight excluding hydrogens is 342 g/mol. The Kier molecular flexibility index (Phi) is 4.44. The fourth-order valence-corrected chi connectivity index (χ4v) is 2.76. The molecule has 0 aliphatic heterocycles. The van der Waals surface area contributed by atoms with Gasteiger partial charge in [0.2, 0.25) is 0 Å². The third-order valence-corrected chi connectivity index (χ3v) is 4.29. The van der Waals surface area contributed by atoms with E-state index in [-0.39, 0.29) is 11.9 Å². The van der Waals surface area contributed by atoms with E-state index in [4.69, 9.17) is 0 Å². The Morgan fingerprint density at radius 3 is 2.37 bits per heavy atom. The summed E-state index contributed by atoms with van der Waals surface area (Å²) in [6, 6.07) is 15.0. The van der Waals surface area contributed by atoms with Crippen LogP contribution in [0.25, 0.3) is 11.4 Å². The van der Waals surface area contributed by atoms with Crippen LogP contribution in [0.5, 0.6) is 0 Å². The lowest BCUT2D eigenvalue weighted by Gasteiger charge is -2.15. The van der Waals surface area contributed by atoms with Crippen molar-refractivity contribution in [2.75, 3.05) is 0 Å². The number of nitrogens with one attached hydrogen (secondary N) is 1. The SMILES string of the molecule is C[C@@H](NC(=O)c1ccc(-n2cnnn2)cc1)c1ccc(-n2ccnc2)cc1. The maximum atomic E-state index is 12.5. The number of rotatable bonds is 5. The molecule has 0 saturated heterocycles. The molecule has 2 heterocycles. The standard InChI is InChI=1S/C19H17N7O/c1-14(15-2-6-17(7-3-15)25-11-10-20-12-25)22-19(27)16-4-8-18(9-5-16)26-13-21-23-24-26/h2-14H,1H3,(H,22,27)/t14-/m1/s1. The third kappa shape index (κ3) is 3.59. The number of nitrogens with zero attached hydrogens (tertiary/aromatic N) is 6. The van der Waals surface area contributed by atoms with E-state index in [2.05, 4.69) is 25.8 Å². The summed E-state index contributed by atoms with van der Waals surface area (Å²) >= 11 is 0. The number of hydrogen-bond acceptors (Lipinski definition) is 5. The summed E-state index contributed by atoms with van der Waals surface area (Å²) in [6.07, 6.45) is 6.88. The Balaban J connectivity index is 1.43. The van der Waals surface area contributed by atoms with Gasteiger partial charge in [-0.3, -0.25) is 4.79 Å². The van der Waals surface area contributed by atoms with Gasteiger partial charge in [0.1, 0.15) is 6.33 Å². The molecule has 0 spiro atoms. The van der Waals surface area contributed by atoms with Crippen LogP contribution in [-0.4, -0.2) is 35.7 Å². The number of amides is 1. The largest absolute Gasteiger partial charge is 0.346 e. The molecule has 4 rings (SSSR count). The molecule has 134 valence electrons. The van der Waals surface area contributed by atoms with Crippen LogP contribution in [0.15, 0.2) is 73.6 Å². The van der Waals surface area contributed by atoms with Gasteiger partial charge in [0.05, 0.1) is 18.1 Å². The maximum absolute atomic E-state index is 12.5. The van der Waals surface area contributed by atoms with Crippen LogP contribution < -0.4 is 5.32 Å². The van der Waals surface area contributed by atoms with E-state index >= 15 is 0 Å². The van der Waals surface area contributed by atoms with Gasteiger partial charge in [0.15, 0.2) is 0 Å². The lowest BCUT2D eigenvalue weighted by molar-refractivity contribution is 0.0940. The smallest absolute Gasteiger partial charge is 0.251 e. The Bertz CT molecular complexity index is 1010. The number of carbonyl (C=O) groups excluding carboxylic acids is 1. The number of hydrogen-bond donors (Lipinski definition) is 1. The zero-order valence-electron chi connectivity index (χ0n) is 14.6. The van der Waals surface area contributed by atoms with Gasteiger partial charge in [0.25, 0.3) is 5.91 Å². The zero-order valence-corrected chi connectivity index (χ0v) is 14.6. The van der Waals surface area contributed by atoms with Crippen LogP contribution in [0.4, 0.5) is 0 Å². The molecule has 0 radical (unpaired) electrons. The molecule has 0 aliphatic rings. The summed E-state index contributed by atoms with van der Waals surface area (Å²) in [6.45, 7) is 1.96. The second-order valence-electron chi connectivity index (χ2n) is 6.06. The summed E-state index contributed by atoms with van der Waals surface area (Å²) in [5.74, 6) is -0.135. The van der Waals surface area contributed by atoms with E-state index in [1.165, 1.54) is 11.0 Å². The molecule has 8 heteroatoms. The molecule has 2 aromatic carbocycles. The Morgan fingerprint density at radius 2 is 1.74 bits per heavy atom. The molecule has 2 aromatic heterocycles. The van der Waals surface area contributed by atoms with Crippen molar-refractivity contribution in [3.8, 4) is 11.4 Å². The van der Waals surface area contributed by atoms with Crippen molar-refractivity contribution in [3.63, 3.8) is 0 Å². The van der Waals surface area contributed by atoms with Gasteiger partial charge < -0.3 is 9.88 Å². The van der Waals surface area contributed by atoms with E-state index in [1.54, 1.807) is 36.8 Å². The van der Waals surface area contributed by atoms with Gasteiger partial charge in [-0.25, -0.2) is 9.67 Å². The fraction of sp³-hybridized carbons (Fsp3) is 0.105. The first-order valence-corrected chi connectivity index (χ1v) is 8.43. The van der Waals surface area contributed by atoms with Crippen LogP contribution in [0.2, 0.25) is 0 Å². The van der Waals surface area contributed by atoms with Gasteiger partial charge in [-0.05, 0) is 59.3 Å². The van der Waals surface area contributed by atoms with Crippen LogP contribution in [0, 0.1) is 0 Å². The molecular formula is C19H17N7O. The summed E-state index contributed by atoms with van der Waals surface area (Å²) in [7, 11) is 0. The minimum atomic E-state index is -0.135. The third-order valence-electron chi connectivity index (χ3n) is 4.29. The van der Waals surface area contributed by atoms with E-state index < -0.39 is 0 Å². The average molecular weight is 359 g/mol. The lowest BCUT2D eigenvalue weighted by Crippen LogP contribution is -2.26. The maximum Gasteiger partial charge on any atom is 0.251 e. The summed E-state index contributed by atoms with van der Waals surface area (Å²) in [5.41, 5.74) is 3.42. The zero-order chi connectivity index (χ0) is 18.6. The molecule has 0 bridgehead atoms. The summed E-state index contributed by atoms with van der Waals surface area (Å²) < 4.78 is 3.46. The quantitative estimate of drug-likeness (QED) is 0.591. The van der Waals surface area contributed by atoms with Crippen molar-refractivity contribution in [3.05, 3.63) is 84.7 Å². The van der Waals surface area contributed by atoms with Gasteiger partial charge in [-0.2, -0.15) is 0 Å². The van der Waals surface area contributed by atoms with Crippen LogP contribution in [0.3, 0.4) is 0 Å². The number of tetrazole rings is 1. The Labute approximate surface area is 155 Å². The minimum absolute atomic E-state index is 0.117. The average Bonchev–Trinajstić information content (AvgIpc) is 3.42. The number of carbonyl (C=O) groups is 1. The molecule has 1 atom stereocenters. The van der Waals surface area contributed by atoms with E-state index in [1.807, 2.05) is 42.0 Å². The normalized spacial score (nSPS) is 11.9. The molecule has 0 fully saturated rings. The Hall–Kier alpha value is -3.81. The van der Waals surface area contributed by atoms with Crippen LogP contribution >= 0.6 is 0 Å². The van der Waals surface area contributed by atoms with Gasteiger partial charge >= 0.3 is 0 Å². The molecule has 0 unspecified atom stereocenters. The van der Waals surface area contributed by atoms with Crippen molar-refractivity contribution >= 4 is 5.91 Å². The Morgan fingerprint density at radius 1 is 1.00 bits per heavy atom. The molecule has 0 aliphatic carbocycles. The first kappa shape index (κ1) is 16.6. The van der Waals surface area contributed by atoms with Crippen molar-refractivity contribution in [1.29, 1.82) is 0 Å². The molecule has 1 amide bonds. The second kappa shape index (κ2) is 7.20. The topological polar surface area (TPSA) is 90.5 Å². The van der Waals surface area contributed by atoms with Gasteiger partial charge in [-0.1, -0.05) is 12.1 Å². The first-order chi connectivity index (χ1) is 13.2. The second-order valence-corrected chi connectivity index (χ2v) is 6.06. The van der Waals surface area contributed by atoms with E-state index in [0.717, 1.165) is 16.9 Å². The van der Waals surface area contributed by atoms with E-state index in [0.29, 0.717) is 5.56 Å². The minimum Gasteiger partial charge on any atom is -0.346 e. The van der Waals surface area contributed by atoms with Crippen molar-refractivity contribution < 1.29 is 4.79 Å². The number of benzene rings is 2. The molecule has 4 aromatic rings. The predicted molar refractivity (Wildman–Crippen MR) is 98.6 cm³/mol. The summed E-state index contributed by atoms with van der Waals surface area (Å²) in [5, 5.41) is 14.0. The van der Waals surface area contributed by atoms with Crippen molar-refractivity contribution in [2.45, 2.75) is 13.0 Å². The highest BCUT2D eigenvalue weighted by atomic mass is 16.1. The van der Waals surface area contributed by atoms with Gasteiger partial charge in [0, 0.05) is 23.6 Å². The summed E-state index contributed by atoms with van der Waals surface area (Å²) in [4.78, 5) is 16.6. The molecule has 1 N–H and O–H groups in total. The highest BCUT2D eigenvalue weighted by Crippen LogP contribution is 2.17. The fourth-order valence-electron chi connectivity index (χ4n) is 2.76. The molecule has 8 nitrogen and oxygen atoms in total. The highest BCUT2D eigenvalue weighted by Gasteiger charge is 2.12. The monoisotopic (exact) mass is 359 g/mol. The molecule has 0 saturated carbocycles. The highest BCUT2D eigenvalue weighted by molar-refractivity contribution is 5.94. The van der Waals surface area contributed by atoms with Crippen molar-refractivity contribution in [2.24, 2.45) is 0 Å². The lowest BCUT2D eigenvalue weighted by atomic mass is 10.1. The number of imidazole rings is 1. The first-order valence-electron chi connectivity index (χ1n) is 8.43. The molecule has 27 heavy (non-hydrogen) atoms.